The predicted octanol–water partition coefficient (Wildman–Crippen LogP) is 0.428. The van der Waals surface area contributed by atoms with Gasteiger partial charge >= 0.3 is 0 Å². The van der Waals surface area contributed by atoms with Crippen molar-refractivity contribution in [3.63, 3.8) is 0 Å². The fraction of sp³-hybridized carbons (Fsp3) is 0.857. The Kier molecular flexibility index (Phi) is 6.12. The Bertz CT molecular complexity index is 269. The van der Waals surface area contributed by atoms with Gasteiger partial charge in [0.2, 0.25) is 10.0 Å². The third kappa shape index (κ3) is 6.87. The summed E-state index contributed by atoms with van der Waals surface area (Å²) in [5.41, 5.74) is 0. The second-order valence-corrected chi connectivity index (χ2v) is 5.54. The average Bonchev–Trinajstić information content (AvgIpc) is 2.02. The molecule has 0 rings (SSSR count). The highest BCUT2D eigenvalue weighted by molar-refractivity contribution is 7.98. The van der Waals surface area contributed by atoms with Gasteiger partial charge in [0.25, 0.3) is 0 Å². The van der Waals surface area contributed by atoms with Gasteiger partial charge in [0.05, 0.1) is 6.07 Å². The smallest absolute Gasteiger partial charge is 0.214 e. The van der Waals surface area contributed by atoms with Crippen LogP contribution in [0.3, 0.4) is 0 Å². The molecule has 0 radical (unpaired) electrons. The largest absolute Gasteiger partial charge is 0.225 e. The van der Waals surface area contributed by atoms with Crippen LogP contribution < -0.4 is 4.72 Å². The molecule has 0 saturated heterocycles. The lowest BCUT2D eigenvalue weighted by Crippen LogP contribution is -2.30. The number of nitriles is 1. The molecule has 1 atom stereocenters. The molecule has 0 heterocycles. The van der Waals surface area contributed by atoms with E-state index < -0.39 is 15.8 Å². The van der Waals surface area contributed by atoms with Crippen LogP contribution in [0.4, 0.5) is 0 Å². The standard InChI is InChI=1S/C7H14N2O2S2/c1-7(6-12-2)5-9-13(10,11)4-3-8/h7,9H,4-6H2,1-2H3. The third-order valence-electron chi connectivity index (χ3n) is 1.36. The van der Waals surface area contributed by atoms with Gasteiger partial charge in [-0.3, -0.25) is 0 Å². The molecule has 6 heteroatoms. The topological polar surface area (TPSA) is 70.0 Å². The van der Waals surface area contributed by atoms with Crippen molar-refractivity contribution in [3.05, 3.63) is 0 Å². The molecule has 0 aliphatic heterocycles. The quantitative estimate of drug-likeness (QED) is 0.707. The van der Waals surface area contributed by atoms with Crippen LogP contribution >= 0.6 is 11.8 Å². The molecule has 0 aliphatic rings. The van der Waals surface area contributed by atoms with E-state index in [9.17, 15) is 8.42 Å². The number of hydrogen-bond acceptors (Lipinski definition) is 4. The Morgan fingerprint density at radius 2 is 2.23 bits per heavy atom. The van der Waals surface area contributed by atoms with Crippen LogP contribution in [0.1, 0.15) is 6.92 Å². The highest BCUT2D eigenvalue weighted by Gasteiger charge is 2.10. The highest BCUT2D eigenvalue weighted by atomic mass is 32.2. The molecule has 1 N–H and O–H groups in total. The Morgan fingerprint density at radius 3 is 2.69 bits per heavy atom. The average molecular weight is 222 g/mol. The van der Waals surface area contributed by atoms with Crippen molar-refractivity contribution in [2.75, 3.05) is 24.3 Å². The minimum absolute atomic E-state index is 0.295. The van der Waals surface area contributed by atoms with Crippen molar-refractivity contribution in [2.24, 2.45) is 5.92 Å². The third-order valence-corrected chi connectivity index (χ3v) is 3.38. The molecule has 0 aliphatic carbocycles. The number of sulfonamides is 1. The molecule has 0 spiro atoms. The van der Waals surface area contributed by atoms with Gasteiger partial charge in [0.15, 0.2) is 5.75 Å². The molecule has 0 saturated carbocycles. The Morgan fingerprint density at radius 1 is 1.62 bits per heavy atom. The van der Waals surface area contributed by atoms with Crippen molar-refractivity contribution in [3.8, 4) is 6.07 Å². The van der Waals surface area contributed by atoms with E-state index in [0.29, 0.717) is 12.5 Å². The van der Waals surface area contributed by atoms with E-state index in [4.69, 9.17) is 5.26 Å². The van der Waals surface area contributed by atoms with Crippen LogP contribution in [0, 0.1) is 17.2 Å². The molecule has 0 fully saturated rings. The van der Waals surface area contributed by atoms with Gasteiger partial charge in [-0.1, -0.05) is 6.92 Å². The molecule has 0 aromatic heterocycles. The zero-order valence-corrected chi connectivity index (χ0v) is 9.41. The molecule has 0 aromatic rings. The van der Waals surface area contributed by atoms with E-state index >= 15 is 0 Å². The first kappa shape index (κ1) is 12.8. The lowest BCUT2D eigenvalue weighted by atomic mass is 10.2. The Hall–Kier alpha value is -0.250. The van der Waals surface area contributed by atoms with Crippen molar-refractivity contribution >= 4 is 21.8 Å². The first-order valence-corrected chi connectivity index (χ1v) is 6.89. The summed E-state index contributed by atoms with van der Waals surface area (Å²) in [6.07, 6.45) is 1.97. The summed E-state index contributed by atoms with van der Waals surface area (Å²) >= 11 is 1.67. The van der Waals surface area contributed by atoms with Crippen LogP contribution in [-0.4, -0.2) is 32.7 Å². The predicted molar refractivity (Wildman–Crippen MR) is 54.9 cm³/mol. The lowest BCUT2D eigenvalue weighted by Gasteiger charge is -2.09. The fourth-order valence-electron chi connectivity index (χ4n) is 0.749. The van der Waals surface area contributed by atoms with Crippen LogP contribution in [-0.2, 0) is 10.0 Å². The first-order valence-electron chi connectivity index (χ1n) is 3.85. The SMILES string of the molecule is CSCC(C)CNS(=O)(=O)CC#N. The minimum Gasteiger partial charge on any atom is -0.214 e. The molecule has 0 aromatic carbocycles. The van der Waals surface area contributed by atoms with Crippen LogP contribution in [0.25, 0.3) is 0 Å². The molecular formula is C7H14N2O2S2. The second kappa shape index (κ2) is 6.24. The van der Waals surface area contributed by atoms with Crippen molar-refractivity contribution < 1.29 is 8.42 Å². The number of nitrogens with zero attached hydrogens (tertiary/aromatic N) is 1. The van der Waals surface area contributed by atoms with Gasteiger partial charge in [0, 0.05) is 6.54 Å². The molecule has 76 valence electrons. The van der Waals surface area contributed by atoms with Crippen molar-refractivity contribution in [1.29, 1.82) is 5.26 Å². The van der Waals surface area contributed by atoms with E-state index in [1.807, 2.05) is 13.2 Å². The number of nitrogens with one attached hydrogen (secondary N) is 1. The summed E-state index contributed by atoms with van der Waals surface area (Å²) in [4.78, 5) is 0. The molecule has 0 bridgehead atoms. The molecule has 1 unspecified atom stereocenters. The summed E-state index contributed by atoms with van der Waals surface area (Å²) in [7, 11) is -3.37. The number of thioether (sulfide) groups is 1. The maximum Gasteiger partial charge on any atom is 0.225 e. The number of rotatable bonds is 6. The zero-order chi connectivity index (χ0) is 10.3. The van der Waals surface area contributed by atoms with Gasteiger partial charge < -0.3 is 0 Å². The van der Waals surface area contributed by atoms with Gasteiger partial charge in [0.1, 0.15) is 0 Å². The van der Waals surface area contributed by atoms with Gasteiger partial charge in [-0.15, -0.1) is 0 Å². The summed E-state index contributed by atoms with van der Waals surface area (Å²) in [5, 5.41) is 8.20. The normalized spacial score (nSPS) is 13.6. The van der Waals surface area contributed by atoms with E-state index in [-0.39, 0.29) is 0 Å². The van der Waals surface area contributed by atoms with E-state index in [0.717, 1.165) is 5.75 Å². The lowest BCUT2D eigenvalue weighted by molar-refractivity contribution is 0.565. The van der Waals surface area contributed by atoms with Crippen LogP contribution in [0.2, 0.25) is 0 Å². The van der Waals surface area contributed by atoms with Gasteiger partial charge in [-0.2, -0.15) is 17.0 Å². The monoisotopic (exact) mass is 222 g/mol. The summed E-state index contributed by atoms with van der Waals surface area (Å²) in [6, 6.07) is 1.61. The van der Waals surface area contributed by atoms with Crippen molar-refractivity contribution in [1.82, 2.24) is 4.72 Å². The van der Waals surface area contributed by atoms with E-state index in [1.165, 1.54) is 0 Å². The first-order chi connectivity index (χ1) is 6.02. The minimum atomic E-state index is -3.37. The zero-order valence-electron chi connectivity index (χ0n) is 7.78. The molecule has 13 heavy (non-hydrogen) atoms. The van der Waals surface area contributed by atoms with Gasteiger partial charge in [-0.05, 0) is 17.9 Å². The highest BCUT2D eigenvalue weighted by Crippen LogP contribution is 2.03. The van der Waals surface area contributed by atoms with E-state index in [1.54, 1.807) is 17.8 Å². The maximum absolute atomic E-state index is 11.0. The molecule has 4 nitrogen and oxygen atoms in total. The van der Waals surface area contributed by atoms with Crippen molar-refractivity contribution in [2.45, 2.75) is 6.92 Å². The number of hydrogen-bond donors (Lipinski definition) is 1. The van der Waals surface area contributed by atoms with E-state index in [2.05, 4.69) is 4.72 Å². The van der Waals surface area contributed by atoms with Crippen LogP contribution in [0.5, 0.6) is 0 Å². The van der Waals surface area contributed by atoms with Crippen LogP contribution in [0.15, 0.2) is 0 Å². The maximum atomic E-state index is 11.0. The molecule has 0 amide bonds. The second-order valence-electron chi connectivity index (χ2n) is 2.83. The fourth-order valence-corrected chi connectivity index (χ4v) is 2.25. The molecular weight excluding hydrogens is 208 g/mol. The summed E-state index contributed by atoms with van der Waals surface area (Å²) in [6.45, 7) is 2.37. The Labute approximate surface area is 83.8 Å². The summed E-state index contributed by atoms with van der Waals surface area (Å²) in [5.74, 6) is 0.747. The van der Waals surface area contributed by atoms with Gasteiger partial charge in [-0.25, -0.2) is 13.1 Å². The Balaban J connectivity index is 3.82. The summed E-state index contributed by atoms with van der Waals surface area (Å²) < 4.78 is 24.4.